The second-order valence-corrected chi connectivity index (χ2v) is 10.6. The molecule has 10 heteroatoms. The second kappa shape index (κ2) is 13.6. The molecule has 1 amide bonds. The van der Waals surface area contributed by atoms with E-state index in [1.165, 1.54) is 36.0 Å². The number of aliphatic carboxylic acids is 1. The van der Waals surface area contributed by atoms with Gasteiger partial charge in [0.25, 0.3) is 5.91 Å². The monoisotopic (exact) mass is 579 g/mol. The molecule has 2 N–H and O–H groups in total. The molecule has 0 aliphatic carbocycles. The van der Waals surface area contributed by atoms with Crippen LogP contribution in [-0.4, -0.2) is 44.6 Å². The Hall–Kier alpha value is -4.02. The summed E-state index contributed by atoms with van der Waals surface area (Å²) < 4.78 is 36.0. The minimum atomic E-state index is -1.12. The molecule has 214 valence electrons. The third kappa shape index (κ3) is 7.39. The number of ether oxygens (including phenoxy) is 1. The second-order valence-electron chi connectivity index (χ2n) is 9.60. The molecule has 1 aromatic heterocycles. The zero-order valence-corrected chi connectivity index (χ0v) is 23.7. The molecular weight excluding hydrogens is 548 g/mol. The number of hydrogen-bond acceptors (Lipinski definition) is 5. The number of rotatable bonds is 12. The zero-order valence-electron chi connectivity index (χ0n) is 22.9. The number of nitrogens with one attached hydrogen (secondary N) is 1. The third-order valence-corrected chi connectivity index (χ3v) is 7.39. The number of carboxylic acids is 1. The molecule has 0 spiro atoms. The van der Waals surface area contributed by atoms with Crippen LogP contribution in [0.15, 0.2) is 79.3 Å². The minimum Gasteiger partial charge on any atom is -0.480 e. The highest BCUT2D eigenvalue weighted by Gasteiger charge is 2.25. The number of carboxylic acid groups (broad SMARTS) is 1. The van der Waals surface area contributed by atoms with E-state index in [0.717, 1.165) is 5.69 Å². The highest BCUT2D eigenvalue weighted by molar-refractivity contribution is 7.98. The Balaban J connectivity index is 1.78. The van der Waals surface area contributed by atoms with E-state index in [-0.39, 0.29) is 17.8 Å². The van der Waals surface area contributed by atoms with Crippen LogP contribution in [0, 0.1) is 11.6 Å². The minimum absolute atomic E-state index is 0.230. The number of amides is 1. The quantitative estimate of drug-likeness (QED) is 0.209. The Kier molecular flexibility index (Phi) is 9.91. The molecule has 7 nitrogen and oxygen atoms in total. The molecule has 4 rings (SSSR count). The van der Waals surface area contributed by atoms with Gasteiger partial charge in [-0.25, -0.2) is 18.6 Å². The Labute approximate surface area is 241 Å². The summed E-state index contributed by atoms with van der Waals surface area (Å²) in [5, 5.41) is 12.3. The third-order valence-electron chi connectivity index (χ3n) is 6.74. The number of nitrogens with zero attached hydrogens (tertiary/aromatic N) is 2. The largest absolute Gasteiger partial charge is 0.480 e. The maximum absolute atomic E-state index is 13.8. The summed E-state index contributed by atoms with van der Waals surface area (Å²) in [7, 11) is 1.86. The Morgan fingerprint density at radius 2 is 1.66 bits per heavy atom. The number of halogens is 2. The van der Waals surface area contributed by atoms with Crippen molar-refractivity contribution in [1.82, 2.24) is 14.9 Å². The van der Waals surface area contributed by atoms with E-state index in [1.54, 1.807) is 55.0 Å². The van der Waals surface area contributed by atoms with Crippen molar-refractivity contribution in [3.8, 4) is 11.1 Å². The van der Waals surface area contributed by atoms with Crippen LogP contribution in [0.1, 0.15) is 52.7 Å². The average Bonchev–Trinajstić information content (AvgIpc) is 3.40. The number of thioether (sulfide) groups is 1. The van der Waals surface area contributed by atoms with Crippen molar-refractivity contribution in [3.05, 3.63) is 113 Å². The summed E-state index contributed by atoms with van der Waals surface area (Å²) in [6, 6.07) is 15.7. The van der Waals surface area contributed by atoms with E-state index in [2.05, 4.69) is 10.3 Å². The first-order valence-corrected chi connectivity index (χ1v) is 14.4. The van der Waals surface area contributed by atoms with Gasteiger partial charge in [-0.2, -0.15) is 11.8 Å². The number of aryl methyl sites for hydroxylation is 1. The highest BCUT2D eigenvalue weighted by Crippen LogP contribution is 2.35. The number of imidazole rings is 1. The average molecular weight is 580 g/mol. The molecule has 3 atom stereocenters. The van der Waals surface area contributed by atoms with Gasteiger partial charge in [-0.05, 0) is 84.0 Å². The Bertz CT molecular complexity index is 1490. The van der Waals surface area contributed by atoms with Crippen LogP contribution in [0.2, 0.25) is 0 Å². The van der Waals surface area contributed by atoms with Gasteiger partial charge in [-0.15, -0.1) is 0 Å². The predicted molar refractivity (Wildman–Crippen MR) is 155 cm³/mol. The summed E-state index contributed by atoms with van der Waals surface area (Å²) >= 11 is 1.49. The van der Waals surface area contributed by atoms with Gasteiger partial charge in [-0.1, -0.05) is 30.3 Å². The number of hydrogen-bond donors (Lipinski definition) is 2. The van der Waals surface area contributed by atoms with Crippen molar-refractivity contribution in [1.29, 1.82) is 0 Å². The van der Waals surface area contributed by atoms with Gasteiger partial charge in [0, 0.05) is 12.6 Å². The summed E-state index contributed by atoms with van der Waals surface area (Å²) in [6.45, 7) is 1.89. The molecule has 0 saturated carbocycles. The van der Waals surface area contributed by atoms with Gasteiger partial charge in [0.15, 0.2) is 0 Å². The van der Waals surface area contributed by atoms with E-state index < -0.39 is 35.9 Å². The molecule has 3 aromatic carbocycles. The maximum Gasteiger partial charge on any atom is 0.326 e. The lowest BCUT2D eigenvalue weighted by molar-refractivity contribution is -0.139. The van der Waals surface area contributed by atoms with Gasteiger partial charge in [0.1, 0.15) is 23.8 Å². The van der Waals surface area contributed by atoms with Crippen LogP contribution in [0.25, 0.3) is 11.1 Å². The van der Waals surface area contributed by atoms with Gasteiger partial charge < -0.3 is 19.7 Å². The first-order valence-electron chi connectivity index (χ1n) is 13.0. The SMILES string of the molecule is CSCC[C@H](NC(=O)c1ccc(C(OC(C)c2cncn2C)c2ccc(F)cc2)cc1-c1ccc(F)cc1)C(=O)O. The predicted octanol–water partition coefficient (Wildman–Crippen LogP) is 6.17. The van der Waals surface area contributed by atoms with Gasteiger partial charge in [0.2, 0.25) is 0 Å². The fourth-order valence-corrected chi connectivity index (χ4v) is 5.01. The molecule has 0 aliphatic rings. The number of aromatic nitrogens is 2. The molecule has 41 heavy (non-hydrogen) atoms. The summed E-state index contributed by atoms with van der Waals surface area (Å²) in [6.07, 6.45) is 4.44. The van der Waals surface area contributed by atoms with Crippen LogP contribution in [-0.2, 0) is 16.6 Å². The number of benzene rings is 3. The Morgan fingerprint density at radius 3 is 2.24 bits per heavy atom. The van der Waals surface area contributed by atoms with Gasteiger partial charge >= 0.3 is 5.97 Å². The fourth-order valence-electron chi connectivity index (χ4n) is 4.54. The fraction of sp³-hybridized carbons (Fsp3) is 0.258. The summed E-state index contributed by atoms with van der Waals surface area (Å²) in [5.74, 6) is -1.95. The van der Waals surface area contributed by atoms with Crippen molar-refractivity contribution in [2.45, 2.75) is 31.6 Å². The number of carbonyl (C=O) groups excluding carboxylic acids is 1. The standard InChI is InChI=1S/C31H31F2N3O4S/c1-19(28-17-34-18-36(28)2)40-29(21-6-11-24(33)12-7-21)22-8-13-25(26(16-22)20-4-9-23(32)10-5-20)30(37)35-27(31(38)39)14-15-41-3/h4-13,16-19,27,29H,14-15H2,1-3H3,(H,35,37)(H,38,39)/t19?,27-,29?/m0/s1. The normalized spacial score (nSPS) is 13.4. The zero-order chi connectivity index (χ0) is 29.5. The molecular formula is C31H31F2N3O4S. The van der Waals surface area contributed by atoms with E-state index >= 15 is 0 Å². The lowest BCUT2D eigenvalue weighted by Crippen LogP contribution is -2.41. The molecule has 0 bridgehead atoms. The molecule has 0 radical (unpaired) electrons. The lowest BCUT2D eigenvalue weighted by atomic mass is 9.92. The maximum atomic E-state index is 13.8. The van der Waals surface area contributed by atoms with Crippen LogP contribution in [0.3, 0.4) is 0 Å². The van der Waals surface area contributed by atoms with Crippen molar-refractivity contribution >= 4 is 23.6 Å². The van der Waals surface area contributed by atoms with E-state index in [9.17, 15) is 23.5 Å². The van der Waals surface area contributed by atoms with Crippen molar-refractivity contribution in [3.63, 3.8) is 0 Å². The molecule has 0 saturated heterocycles. The molecule has 0 aliphatic heterocycles. The van der Waals surface area contributed by atoms with Crippen molar-refractivity contribution in [2.75, 3.05) is 12.0 Å². The van der Waals surface area contributed by atoms with Crippen LogP contribution < -0.4 is 5.32 Å². The van der Waals surface area contributed by atoms with Crippen molar-refractivity contribution in [2.24, 2.45) is 7.05 Å². The van der Waals surface area contributed by atoms with E-state index in [4.69, 9.17) is 4.74 Å². The molecule has 0 fully saturated rings. The van der Waals surface area contributed by atoms with E-state index in [0.29, 0.717) is 28.0 Å². The van der Waals surface area contributed by atoms with Gasteiger partial charge in [-0.3, -0.25) is 4.79 Å². The first-order chi connectivity index (χ1) is 19.7. The van der Waals surface area contributed by atoms with Gasteiger partial charge in [0.05, 0.1) is 24.3 Å². The van der Waals surface area contributed by atoms with Crippen LogP contribution in [0.5, 0.6) is 0 Å². The van der Waals surface area contributed by atoms with Crippen molar-refractivity contribution < 1.29 is 28.2 Å². The van der Waals surface area contributed by atoms with Crippen LogP contribution >= 0.6 is 11.8 Å². The first kappa shape index (κ1) is 30.0. The Morgan fingerprint density at radius 1 is 1.02 bits per heavy atom. The van der Waals surface area contributed by atoms with Crippen LogP contribution in [0.4, 0.5) is 8.78 Å². The smallest absolute Gasteiger partial charge is 0.326 e. The lowest BCUT2D eigenvalue weighted by Gasteiger charge is -2.25. The molecule has 4 aromatic rings. The number of carbonyl (C=O) groups is 2. The summed E-state index contributed by atoms with van der Waals surface area (Å²) in [5.41, 5.74) is 3.44. The summed E-state index contributed by atoms with van der Waals surface area (Å²) in [4.78, 5) is 29.4. The molecule has 1 heterocycles. The molecule has 2 unspecified atom stereocenters. The highest BCUT2D eigenvalue weighted by atomic mass is 32.2. The topological polar surface area (TPSA) is 93.5 Å². The van der Waals surface area contributed by atoms with E-state index in [1.807, 2.05) is 24.8 Å².